The van der Waals surface area contributed by atoms with Gasteiger partial charge >= 0.3 is 0 Å². The average Bonchev–Trinajstić information content (AvgIpc) is 2.81. The largest absolute Gasteiger partial charge is 0.288 e. The van der Waals surface area contributed by atoms with Crippen molar-refractivity contribution < 1.29 is 0 Å². The van der Waals surface area contributed by atoms with Crippen LogP contribution in [0.25, 0.3) is 11.4 Å². The van der Waals surface area contributed by atoms with Gasteiger partial charge in [-0.15, -0.1) is 10.2 Å². The third kappa shape index (κ3) is 2.47. The van der Waals surface area contributed by atoms with E-state index in [1.807, 2.05) is 0 Å². The standard InChI is InChI=1S/C15H20N4S/c1-11-5-7-12(8-6-11)13-16-17-14-19(13)9-18(10-20-14)15(2,3)4/h5-8H,9-10H2,1-4H3. The Labute approximate surface area is 124 Å². The monoisotopic (exact) mass is 288 g/mol. The second-order valence-corrected chi connectivity index (χ2v) is 7.14. The first-order chi connectivity index (χ1) is 9.45. The number of benzene rings is 1. The van der Waals surface area contributed by atoms with Crippen LogP contribution in [-0.2, 0) is 6.67 Å². The van der Waals surface area contributed by atoms with Crippen molar-refractivity contribution in [1.29, 1.82) is 0 Å². The van der Waals surface area contributed by atoms with E-state index < -0.39 is 0 Å². The minimum absolute atomic E-state index is 0.152. The Balaban J connectivity index is 1.97. The van der Waals surface area contributed by atoms with Gasteiger partial charge in [0, 0.05) is 11.1 Å². The molecule has 4 nitrogen and oxygen atoms in total. The first-order valence-electron chi connectivity index (χ1n) is 6.83. The lowest BCUT2D eigenvalue weighted by molar-refractivity contribution is 0.115. The molecular formula is C15H20N4S. The zero-order valence-electron chi connectivity index (χ0n) is 12.4. The van der Waals surface area contributed by atoms with E-state index >= 15 is 0 Å². The van der Waals surface area contributed by atoms with Gasteiger partial charge in [0.2, 0.25) is 0 Å². The number of fused-ring (bicyclic) bond motifs is 1. The van der Waals surface area contributed by atoms with Gasteiger partial charge in [0.05, 0.1) is 12.5 Å². The van der Waals surface area contributed by atoms with Gasteiger partial charge in [-0.25, -0.2) is 0 Å². The topological polar surface area (TPSA) is 34.0 Å². The summed E-state index contributed by atoms with van der Waals surface area (Å²) in [5.74, 6) is 1.93. The van der Waals surface area contributed by atoms with Crippen LogP contribution in [0.15, 0.2) is 29.4 Å². The minimum Gasteiger partial charge on any atom is -0.288 e. The van der Waals surface area contributed by atoms with E-state index in [9.17, 15) is 0 Å². The molecule has 0 unspecified atom stereocenters. The number of aryl methyl sites for hydroxylation is 1. The van der Waals surface area contributed by atoms with Gasteiger partial charge in [0.1, 0.15) is 0 Å². The predicted octanol–water partition coefficient (Wildman–Crippen LogP) is 3.37. The molecule has 0 saturated carbocycles. The Bertz CT molecular complexity index is 610. The van der Waals surface area contributed by atoms with Gasteiger partial charge in [-0.05, 0) is 27.7 Å². The van der Waals surface area contributed by atoms with Crippen LogP contribution in [0, 0.1) is 6.92 Å². The molecule has 0 fully saturated rings. The maximum Gasteiger partial charge on any atom is 0.193 e. The Morgan fingerprint density at radius 2 is 1.80 bits per heavy atom. The number of aromatic nitrogens is 3. The third-order valence-electron chi connectivity index (χ3n) is 3.64. The molecule has 1 aromatic heterocycles. The van der Waals surface area contributed by atoms with E-state index in [0.29, 0.717) is 0 Å². The van der Waals surface area contributed by atoms with Crippen LogP contribution < -0.4 is 0 Å². The summed E-state index contributed by atoms with van der Waals surface area (Å²) >= 11 is 1.76. The van der Waals surface area contributed by atoms with Crippen molar-refractivity contribution >= 4 is 11.8 Å². The number of nitrogens with zero attached hydrogens (tertiary/aromatic N) is 4. The number of thioether (sulfide) groups is 1. The van der Waals surface area contributed by atoms with E-state index in [1.54, 1.807) is 11.8 Å². The molecule has 0 aliphatic carbocycles. The molecule has 1 aliphatic heterocycles. The molecule has 20 heavy (non-hydrogen) atoms. The molecule has 5 heteroatoms. The van der Waals surface area contributed by atoms with Crippen LogP contribution in [0.4, 0.5) is 0 Å². The second-order valence-electron chi connectivity index (χ2n) is 6.23. The number of hydrogen-bond acceptors (Lipinski definition) is 4. The van der Waals surface area contributed by atoms with E-state index in [4.69, 9.17) is 0 Å². The van der Waals surface area contributed by atoms with Crippen molar-refractivity contribution in [1.82, 2.24) is 19.7 Å². The highest BCUT2D eigenvalue weighted by molar-refractivity contribution is 7.99. The first kappa shape index (κ1) is 13.6. The maximum absolute atomic E-state index is 4.38. The minimum atomic E-state index is 0.152. The number of hydrogen-bond donors (Lipinski definition) is 0. The van der Waals surface area contributed by atoms with Crippen LogP contribution in [0.1, 0.15) is 26.3 Å². The summed E-state index contributed by atoms with van der Waals surface area (Å²) in [6.45, 7) is 9.68. The van der Waals surface area contributed by atoms with Crippen LogP contribution in [-0.4, -0.2) is 31.1 Å². The van der Waals surface area contributed by atoms with Crippen molar-refractivity contribution in [2.75, 3.05) is 5.88 Å². The normalized spacial score (nSPS) is 16.2. The van der Waals surface area contributed by atoms with Crippen molar-refractivity contribution in [3.8, 4) is 11.4 Å². The van der Waals surface area contributed by atoms with Gasteiger partial charge in [0.15, 0.2) is 11.0 Å². The SMILES string of the molecule is Cc1ccc(-c2nnc3n2CN(C(C)(C)C)CS3)cc1. The second kappa shape index (κ2) is 4.90. The maximum atomic E-state index is 4.38. The smallest absolute Gasteiger partial charge is 0.193 e. The third-order valence-corrected chi connectivity index (χ3v) is 4.64. The molecule has 3 rings (SSSR count). The fraction of sp³-hybridized carbons (Fsp3) is 0.467. The summed E-state index contributed by atoms with van der Waals surface area (Å²) in [4.78, 5) is 2.44. The molecule has 106 valence electrons. The highest BCUT2D eigenvalue weighted by atomic mass is 32.2. The Hall–Kier alpha value is -1.33. The number of rotatable bonds is 1. The highest BCUT2D eigenvalue weighted by Gasteiger charge is 2.28. The van der Waals surface area contributed by atoms with Crippen LogP contribution in [0.3, 0.4) is 0 Å². The molecule has 1 aromatic carbocycles. The van der Waals surface area contributed by atoms with Gasteiger partial charge in [0.25, 0.3) is 0 Å². The highest BCUT2D eigenvalue weighted by Crippen LogP contribution is 2.32. The Morgan fingerprint density at radius 1 is 1.10 bits per heavy atom. The summed E-state index contributed by atoms with van der Waals surface area (Å²) < 4.78 is 2.21. The fourth-order valence-electron chi connectivity index (χ4n) is 2.19. The molecule has 0 atom stereocenters. The molecule has 0 radical (unpaired) electrons. The summed E-state index contributed by atoms with van der Waals surface area (Å²) in [6, 6.07) is 8.48. The summed E-state index contributed by atoms with van der Waals surface area (Å²) in [6.07, 6.45) is 0. The van der Waals surface area contributed by atoms with Crippen molar-refractivity contribution in [3.05, 3.63) is 29.8 Å². The summed E-state index contributed by atoms with van der Waals surface area (Å²) in [7, 11) is 0. The van der Waals surface area contributed by atoms with Gasteiger partial charge in [-0.1, -0.05) is 41.6 Å². The van der Waals surface area contributed by atoms with E-state index in [1.165, 1.54) is 5.56 Å². The zero-order valence-corrected chi connectivity index (χ0v) is 13.2. The van der Waals surface area contributed by atoms with Crippen molar-refractivity contribution in [2.24, 2.45) is 0 Å². The molecule has 1 aliphatic rings. The lowest BCUT2D eigenvalue weighted by Gasteiger charge is -2.38. The van der Waals surface area contributed by atoms with Crippen molar-refractivity contribution in [3.63, 3.8) is 0 Å². The zero-order chi connectivity index (χ0) is 14.3. The van der Waals surface area contributed by atoms with Crippen LogP contribution in [0.5, 0.6) is 0 Å². The van der Waals surface area contributed by atoms with Gasteiger partial charge in [-0.3, -0.25) is 9.47 Å². The molecule has 0 saturated heterocycles. The molecule has 0 amide bonds. The van der Waals surface area contributed by atoms with E-state index in [2.05, 4.69) is 71.6 Å². The Morgan fingerprint density at radius 3 is 2.45 bits per heavy atom. The molecule has 0 N–H and O–H groups in total. The van der Waals surface area contributed by atoms with Crippen LogP contribution in [0.2, 0.25) is 0 Å². The average molecular weight is 288 g/mol. The first-order valence-corrected chi connectivity index (χ1v) is 7.82. The predicted molar refractivity (Wildman–Crippen MR) is 82.5 cm³/mol. The van der Waals surface area contributed by atoms with Crippen molar-refractivity contribution in [2.45, 2.75) is 45.1 Å². The molecule has 0 spiro atoms. The summed E-state index contributed by atoms with van der Waals surface area (Å²) in [5.41, 5.74) is 2.54. The van der Waals surface area contributed by atoms with Gasteiger partial charge < -0.3 is 0 Å². The fourth-order valence-corrected chi connectivity index (χ4v) is 3.33. The molecular weight excluding hydrogens is 268 g/mol. The lowest BCUT2D eigenvalue weighted by atomic mass is 10.1. The van der Waals surface area contributed by atoms with E-state index in [0.717, 1.165) is 29.1 Å². The quantitative estimate of drug-likeness (QED) is 0.805. The molecule has 2 aromatic rings. The molecule has 2 heterocycles. The Kier molecular flexibility index (Phi) is 3.34. The van der Waals surface area contributed by atoms with E-state index in [-0.39, 0.29) is 5.54 Å². The molecule has 0 bridgehead atoms. The summed E-state index contributed by atoms with van der Waals surface area (Å²) in [5, 5.41) is 9.72. The lowest BCUT2D eigenvalue weighted by Crippen LogP contribution is -2.44. The van der Waals surface area contributed by atoms with Crippen LogP contribution >= 0.6 is 11.8 Å². The van der Waals surface area contributed by atoms with Gasteiger partial charge in [-0.2, -0.15) is 0 Å².